The molecule has 0 spiro atoms. The van der Waals surface area contributed by atoms with Crippen LogP contribution in [0.2, 0.25) is 0 Å². The molecule has 0 bridgehead atoms. The number of nitrogens with zero attached hydrogens (tertiary/aromatic N) is 1. The Hall–Kier alpha value is -0.580. The third-order valence-electron chi connectivity index (χ3n) is 3.06. The van der Waals surface area contributed by atoms with E-state index in [2.05, 4.69) is 0 Å². The first kappa shape index (κ1) is 15.5. The van der Waals surface area contributed by atoms with Crippen LogP contribution in [0.5, 0.6) is 0 Å². The van der Waals surface area contributed by atoms with E-state index in [4.69, 9.17) is 11.6 Å². The van der Waals surface area contributed by atoms with Crippen molar-refractivity contribution in [3.05, 3.63) is 28.8 Å². The molecule has 0 heterocycles. The van der Waals surface area contributed by atoms with Crippen molar-refractivity contribution >= 4 is 21.6 Å². The van der Waals surface area contributed by atoms with Gasteiger partial charge >= 0.3 is 0 Å². The smallest absolute Gasteiger partial charge is 0.207 e. The summed E-state index contributed by atoms with van der Waals surface area (Å²) in [7, 11) is -1.80. The van der Waals surface area contributed by atoms with E-state index in [0.29, 0.717) is 17.3 Å². The number of hydrogen-bond acceptors (Lipinski definition) is 2. The van der Waals surface area contributed by atoms with Gasteiger partial charge in [-0.15, -0.1) is 11.6 Å². The third kappa shape index (κ3) is 3.05. The Morgan fingerprint density at radius 1 is 1.28 bits per heavy atom. The predicted octanol–water partition coefficient (Wildman–Crippen LogP) is 3.07. The summed E-state index contributed by atoms with van der Waals surface area (Å²) < 4.78 is 26.3. The molecule has 18 heavy (non-hydrogen) atoms. The van der Waals surface area contributed by atoms with Crippen LogP contribution >= 0.6 is 11.6 Å². The number of sulfonamides is 1. The predicted molar refractivity (Wildman–Crippen MR) is 75.6 cm³/mol. The molecule has 5 heteroatoms. The Morgan fingerprint density at radius 3 is 2.39 bits per heavy atom. The van der Waals surface area contributed by atoms with Crippen LogP contribution < -0.4 is 0 Å². The maximum atomic E-state index is 12.4. The number of benzene rings is 1. The zero-order chi connectivity index (χ0) is 13.9. The minimum Gasteiger partial charge on any atom is -0.207 e. The second kappa shape index (κ2) is 6.04. The minimum absolute atomic E-state index is 0.321. The molecule has 0 fully saturated rings. The van der Waals surface area contributed by atoms with Crippen LogP contribution in [-0.2, 0) is 15.9 Å². The molecule has 0 aliphatic rings. The molecular formula is C13H20ClNO2S. The van der Waals surface area contributed by atoms with Crippen molar-refractivity contribution < 1.29 is 8.42 Å². The van der Waals surface area contributed by atoms with Gasteiger partial charge < -0.3 is 0 Å². The van der Waals surface area contributed by atoms with Crippen molar-refractivity contribution in [2.75, 3.05) is 13.6 Å². The van der Waals surface area contributed by atoms with Gasteiger partial charge in [0.05, 0.1) is 4.90 Å². The molecule has 0 saturated heterocycles. The summed E-state index contributed by atoms with van der Waals surface area (Å²) >= 11 is 5.81. The first-order valence-corrected chi connectivity index (χ1v) is 7.94. The first-order chi connectivity index (χ1) is 8.34. The fourth-order valence-corrected chi connectivity index (χ4v) is 3.61. The van der Waals surface area contributed by atoms with Crippen LogP contribution in [0.1, 0.15) is 30.0 Å². The lowest BCUT2D eigenvalue weighted by molar-refractivity contribution is 0.468. The molecule has 102 valence electrons. The van der Waals surface area contributed by atoms with Crippen molar-refractivity contribution in [3.63, 3.8) is 0 Å². The van der Waals surface area contributed by atoms with Crippen LogP contribution in [0.4, 0.5) is 0 Å². The average Bonchev–Trinajstić information content (AvgIpc) is 2.32. The van der Waals surface area contributed by atoms with Crippen molar-refractivity contribution in [1.82, 2.24) is 4.31 Å². The lowest BCUT2D eigenvalue weighted by Crippen LogP contribution is -2.28. The molecule has 0 aromatic heterocycles. The van der Waals surface area contributed by atoms with Gasteiger partial charge in [0.25, 0.3) is 0 Å². The monoisotopic (exact) mass is 289 g/mol. The average molecular weight is 290 g/mol. The van der Waals surface area contributed by atoms with E-state index in [0.717, 1.165) is 23.1 Å². The number of rotatable bonds is 5. The maximum Gasteiger partial charge on any atom is 0.243 e. The number of halogens is 1. The second-order valence-electron chi connectivity index (χ2n) is 4.50. The topological polar surface area (TPSA) is 37.4 Å². The number of hydrogen-bond donors (Lipinski definition) is 0. The summed E-state index contributed by atoms with van der Waals surface area (Å²) in [5.74, 6) is 0.321. The molecule has 1 aromatic rings. The molecule has 0 N–H and O–H groups in total. The number of alkyl halides is 1. The van der Waals surface area contributed by atoms with Crippen molar-refractivity contribution in [2.45, 2.75) is 38.0 Å². The Balaban J connectivity index is 3.36. The molecular weight excluding hydrogens is 270 g/mol. The quantitative estimate of drug-likeness (QED) is 0.781. The standard InChI is InChI=1S/C13H20ClNO2S/c1-5-6-15(4)18(16,17)13-8-12(9-14)7-10(2)11(13)3/h7-8H,5-6,9H2,1-4H3. The van der Waals surface area contributed by atoms with E-state index in [1.165, 1.54) is 4.31 Å². The van der Waals surface area contributed by atoms with Crippen molar-refractivity contribution in [1.29, 1.82) is 0 Å². The fourth-order valence-electron chi connectivity index (χ4n) is 1.85. The molecule has 0 atom stereocenters. The lowest BCUT2D eigenvalue weighted by atomic mass is 10.1. The Labute approximate surface area is 115 Å². The van der Waals surface area contributed by atoms with Crippen LogP contribution in [0, 0.1) is 13.8 Å². The highest BCUT2D eigenvalue weighted by Crippen LogP contribution is 2.24. The highest BCUT2D eigenvalue weighted by Gasteiger charge is 2.23. The van der Waals surface area contributed by atoms with E-state index in [9.17, 15) is 8.42 Å². The first-order valence-electron chi connectivity index (χ1n) is 5.97. The van der Waals surface area contributed by atoms with Crippen molar-refractivity contribution in [3.8, 4) is 0 Å². The highest BCUT2D eigenvalue weighted by molar-refractivity contribution is 7.89. The molecule has 1 aromatic carbocycles. The van der Waals surface area contributed by atoms with Crippen LogP contribution in [0.3, 0.4) is 0 Å². The fraction of sp³-hybridized carbons (Fsp3) is 0.538. The van der Waals surface area contributed by atoms with Gasteiger partial charge in [-0.05, 0) is 43.0 Å². The summed E-state index contributed by atoms with van der Waals surface area (Å²) in [4.78, 5) is 0.370. The Bertz CT molecular complexity index is 526. The summed E-state index contributed by atoms with van der Waals surface area (Å²) in [6, 6.07) is 3.61. The van der Waals surface area contributed by atoms with Gasteiger partial charge in [0.15, 0.2) is 0 Å². The van der Waals surface area contributed by atoms with Gasteiger partial charge in [0, 0.05) is 19.5 Å². The SMILES string of the molecule is CCCN(C)S(=O)(=O)c1cc(CCl)cc(C)c1C. The third-order valence-corrected chi connectivity index (χ3v) is 5.35. The van der Waals surface area contributed by atoms with Gasteiger partial charge in [-0.25, -0.2) is 12.7 Å². The Morgan fingerprint density at radius 2 is 1.89 bits per heavy atom. The zero-order valence-corrected chi connectivity index (χ0v) is 12.9. The molecule has 0 radical (unpaired) electrons. The van der Waals surface area contributed by atoms with E-state index in [1.54, 1.807) is 13.1 Å². The maximum absolute atomic E-state index is 12.4. The highest BCUT2D eigenvalue weighted by atomic mass is 35.5. The lowest BCUT2D eigenvalue weighted by Gasteiger charge is -2.19. The molecule has 0 unspecified atom stereocenters. The van der Waals surface area contributed by atoms with E-state index in [-0.39, 0.29) is 0 Å². The second-order valence-corrected chi connectivity index (χ2v) is 6.78. The number of aryl methyl sites for hydroxylation is 1. The van der Waals surface area contributed by atoms with Gasteiger partial charge in [-0.3, -0.25) is 0 Å². The summed E-state index contributed by atoms with van der Waals surface area (Å²) in [6.07, 6.45) is 0.795. The van der Waals surface area contributed by atoms with Gasteiger partial charge in [0.1, 0.15) is 0 Å². The Kier molecular flexibility index (Phi) is 5.20. The van der Waals surface area contributed by atoms with Crippen molar-refractivity contribution in [2.24, 2.45) is 0 Å². The normalized spacial score (nSPS) is 12.1. The minimum atomic E-state index is -3.41. The summed E-state index contributed by atoms with van der Waals surface area (Å²) in [6.45, 7) is 6.22. The molecule has 0 aliphatic heterocycles. The summed E-state index contributed by atoms with van der Waals surface area (Å²) in [5.41, 5.74) is 2.59. The largest absolute Gasteiger partial charge is 0.243 e. The van der Waals surface area contributed by atoms with Gasteiger partial charge in [-0.1, -0.05) is 13.0 Å². The summed E-state index contributed by atoms with van der Waals surface area (Å²) in [5, 5.41) is 0. The molecule has 0 saturated carbocycles. The van der Waals surface area contributed by atoms with E-state index < -0.39 is 10.0 Å². The van der Waals surface area contributed by atoms with E-state index >= 15 is 0 Å². The zero-order valence-electron chi connectivity index (χ0n) is 11.3. The van der Waals surface area contributed by atoms with Gasteiger partial charge in [-0.2, -0.15) is 0 Å². The molecule has 1 rings (SSSR count). The molecule has 0 amide bonds. The van der Waals surface area contributed by atoms with E-state index in [1.807, 2.05) is 26.8 Å². The van der Waals surface area contributed by atoms with Crippen LogP contribution in [-0.4, -0.2) is 26.3 Å². The molecule has 0 aliphatic carbocycles. The van der Waals surface area contributed by atoms with Crippen LogP contribution in [0.15, 0.2) is 17.0 Å². The van der Waals surface area contributed by atoms with Crippen LogP contribution in [0.25, 0.3) is 0 Å². The van der Waals surface area contributed by atoms with Gasteiger partial charge in [0.2, 0.25) is 10.0 Å². The molecule has 3 nitrogen and oxygen atoms in total.